The second-order valence-corrected chi connectivity index (χ2v) is 14.5. The van der Waals surface area contributed by atoms with E-state index in [0.717, 1.165) is 23.2 Å². The zero-order chi connectivity index (χ0) is 17.8. The van der Waals surface area contributed by atoms with Gasteiger partial charge < -0.3 is 4.57 Å². The van der Waals surface area contributed by atoms with E-state index < -0.39 is 8.24 Å². The molecule has 0 atom stereocenters. The molecule has 0 aromatic rings. The summed E-state index contributed by atoms with van der Waals surface area (Å²) in [7, 11) is -1.47. The van der Waals surface area contributed by atoms with Gasteiger partial charge in [-0.3, -0.25) is 4.90 Å². The number of hydrogen-bond acceptors (Lipinski definition) is 3. The van der Waals surface area contributed by atoms with Crippen LogP contribution >= 0.6 is 0 Å². The summed E-state index contributed by atoms with van der Waals surface area (Å²) in [4.78, 5) is 2.63. The highest BCUT2D eigenvalue weighted by atomic mass is 28.3. The topological polar surface area (TPSA) is 30.3 Å². The van der Waals surface area contributed by atoms with Crippen molar-refractivity contribution in [3.8, 4) is 6.07 Å². The van der Waals surface area contributed by atoms with Gasteiger partial charge in [0.25, 0.3) is 0 Å². The SMILES string of the molecule is N#CCCN1CCCN([Si](C2CCCC2)(C2CCCC2)C2CCCC2)C1. The van der Waals surface area contributed by atoms with Crippen LogP contribution in [0.5, 0.6) is 0 Å². The minimum atomic E-state index is -1.47. The number of rotatable bonds is 6. The Labute approximate surface area is 162 Å². The molecule has 3 aliphatic carbocycles. The Bertz CT molecular complexity index is 443. The van der Waals surface area contributed by atoms with Crippen molar-refractivity contribution in [2.75, 3.05) is 26.3 Å². The first-order valence-electron chi connectivity index (χ1n) is 11.7. The first-order valence-corrected chi connectivity index (χ1v) is 13.9. The number of nitriles is 1. The Balaban J connectivity index is 1.65. The smallest absolute Gasteiger partial charge is 0.138 e. The lowest BCUT2D eigenvalue weighted by Gasteiger charge is -2.56. The van der Waals surface area contributed by atoms with Gasteiger partial charge >= 0.3 is 0 Å². The van der Waals surface area contributed by atoms with Gasteiger partial charge in [0.2, 0.25) is 0 Å². The van der Waals surface area contributed by atoms with Gasteiger partial charge in [-0.05, 0) is 29.6 Å². The van der Waals surface area contributed by atoms with Gasteiger partial charge in [-0.15, -0.1) is 0 Å². The maximum atomic E-state index is 9.06. The van der Waals surface area contributed by atoms with E-state index in [4.69, 9.17) is 5.26 Å². The zero-order valence-corrected chi connectivity index (χ0v) is 17.8. The van der Waals surface area contributed by atoms with Crippen molar-refractivity contribution < 1.29 is 0 Å². The second kappa shape index (κ2) is 8.75. The molecule has 4 heteroatoms. The predicted molar refractivity (Wildman–Crippen MR) is 110 cm³/mol. The molecule has 26 heavy (non-hydrogen) atoms. The fourth-order valence-corrected chi connectivity index (χ4v) is 16.1. The molecule has 0 amide bonds. The van der Waals surface area contributed by atoms with Crippen molar-refractivity contribution >= 4 is 8.24 Å². The highest BCUT2D eigenvalue weighted by Crippen LogP contribution is 2.60. The molecule has 1 saturated heterocycles. The average molecular weight is 374 g/mol. The van der Waals surface area contributed by atoms with Gasteiger partial charge in [-0.25, -0.2) is 0 Å². The summed E-state index contributed by atoms with van der Waals surface area (Å²) >= 11 is 0. The Kier molecular flexibility index (Phi) is 6.39. The van der Waals surface area contributed by atoms with Crippen molar-refractivity contribution in [2.45, 2.75) is 107 Å². The molecule has 4 aliphatic rings. The number of hydrogen-bond donors (Lipinski definition) is 0. The molecule has 3 nitrogen and oxygen atoms in total. The van der Waals surface area contributed by atoms with Gasteiger partial charge in [-0.1, -0.05) is 77.0 Å². The summed E-state index contributed by atoms with van der Waals surface area (Å²) < 4.78 is 3.15. The molecule has 0 aromatic carbocycles. The lowest BCUT2D eigenvalue weighted by Crippen LogP contribution is -2.66. The van der Waals surface area contributed by atoms with Crippen LogP contribution in [0.1, 0.15) is 89.9 Å². The lowest BCUT2D eigenvalue weighted by atomic mass is 10.3. The van der Waals surface area contributed by atoms with Crippen LogP contribution < -0.4 is 0 Å². The van der Waals surface area contributed by atoms with Crippen molar-refractivity contribution in [1.29, 1.82) is 5.26 Å². The average Bonchev–Trinajstić information content (AvgIpc) is 3.44. The van der Waals surface area contributed by atoms with Crippen molar-refractivity contribution in [1.82, 2.24) is 9.47 Å². The normalized spacial score (nSPS) is 28.1. The van der Waals surface area contributed by atoms with Gasteiger partial charge in [-0.2, -0.15) is 5.26 Å². The molecule has 146 valence electrons. The van der Waals surface area contributed by atoms with E-state index in [9.17, 15) is 0 Å². The third-order valence-electron chi connectivity index (χ3n) is 8.39. The van der Waals surface area contributed by atoms with Crippen LogP contribution in [0.3, 0.4) is 0 Å². The van der Waals surface area contributed by atoms with Crippen LogP contribution in [0.15, 0.2) is 0 Å². The molecular weight excluding hydrogens is 334 g/mol. The second-order valence-electron chi connectivity index (χ2n) is 9.62. The quantitative estimate of drug-likeness (QED) is 0.564. The molecular formula is C22H39N3Si. The fraction of sp³-hybridized carbons (Fsp3) is 0.955. The molecule has 0 unspecified atom stereocenters. The van der Waals surface area contributed by atoms with E-state index in [1.807, 2.05) is 0 Å². The molecule has 1 aliphatic heterocycles. The predicted octanol–water partition coefficient (Wildman–Crippen LogP) is 5.64. The van der Waals surface area contributed by atoms with Gasteiger partial charge in [0.15, 0.2) is 0 Å². The van der Waals surface area contributed by atoms with Crippen LogP contribution in [-0.4, -0.2) is 44.0 Å². The lowest BCUT2D eigenvalue weighted by molar-refractivity contribution is 0.135. The van der Waals surface area contributed by atoms with Gasteiger partial charge in [0, 0.05) is 26.2 Å². The van der Waals surface area contributed by atoms with E-state index in [1.54, 1.807) is 38.5 Å². The molecule has 3 saturated carbocycles. The van der Waals surface area contributed by atoms with Crippen LogP contribution in [0.25, 0.3) is 0 Å². The Morgan fingerprint density at radius 2 is 1.23 bits per heavy atom. The fourth-order valence-electron chi connectivity index (χ4n) is 7.51. The monoisotopic (exact) mass is 373 g/mol. The van der Waals surface area contributed by atoms with Crippen LogP contribution in [-0.2, 0) is 0 Å². The van der Waals surface area contributed by atoms with Gasteiger partial charge in [0.1, 0.15) is 8.24 Å². The van der Waals surface area contributed by atoms with Crippen molar-refractivity contribution in [3.63, 3.8) is 0 Å². The summed E-state index contributed by atoms with van der Waals surface area (Å²) in [5, 5.41) is 9.06. The van der Waals surface area contributed by atoms with Crippen LogP contribution in [0.4, 0.5) is 0 Å². The van der Waals surface area contributed by atoms with Crippen LogP contribution in [0, 0.1) is 11.3 Å². The third-order valence-corrected chi connectivity index (χ3v) is 15.5. The third kappa shape index (κ3) is 3.52. The highest BCUT2D eigenvalue weighted by molar-refractivity contribution is 6.81. The molecule has 4 rings (SSSR count). The van der Waals surface area contributed by atoms with Crippen LogP contribution in [0.2, 0.25) is 16.6 Å². The Morgan fingerprint density at radius 1 is 0.731 bits per heavy atom. The Morgan fingerprint density at radius 3 is 1.69 bits per heavy atom. The summed E-state index contributed by atoms with van der Waals surface area (Å²) in [5.74, 6) is 0. The minimum Gasteiger partial charge on any atom is -0.310 e. The first kappa shape index (κ1) is 19.0. The molecule has 0 radical (unpaired) electrons. The summed E-state index contributed by atoms with van der Waals surface area (Å²) in [6.07, 6.45) is 20.4. The molecule has 0 aromatic heterocycles. The van der Waals surface area contributed by atoms with Crippen molar-refractivity contribution in [3.05, 3.63) is 0 Å². The maximum absolute atomic E-state index is 9.06. The summed E-state index contributed by atoms with van der Waals surface area (Å²) in [6.45, 7) is 4.80. The highest BCUT2D eigenvalue weighted by Gasteiger charge is 2.58. The van der Waals surface area contributed by atoms with E-state index in [1.165, 1.54) is 64.7 Å². The minimum absolute atomic E-state index is 0.707. The number of nitrogens with zero attached hydrogens (tertiary/aromatic N) is 3. The van der Waals surface area contributed by atoms with E-state index in [-0.39, 0.29) is 0 Å². The van der Waals surface area contributed by atoms with Crippen molar-refractivity contribution in [2.24, 2.45) is 0 Å². The standard InChI is InChI=1S/C22H39N3Si/c23-15-7-16-24-17-8-18-25(19-24)26(20-9-1-2-10-20,21-11-3-4-12-21)22-13-5-6-14-22/h20-22H,1-14,16-19H2. The molecule has 0 N–H and O–H groups in total. The molecule has 1 heterocycles. The largest absolute Gasteiger partial charge is 0.310 e. The van der Waals surface area contributed by atoms with Gasteiger partial charge in [0.05, 0.1) is 6.07 Å². The molecule has 0 bridgehead atoms. The molecule has 0 spiro atoms. The van der Waals surface area contributed by atoms with E-state index in [0.29, 0.717) is 6.42 Å². The van der Waals surface area contributed by atoms with E-state index >= 15 is 0 Å². The molecule has 4 fully saturated rings. The first-order chi connectivity index (χ1) is 12.9. The maximum Gasteiger partial charge on any atom is 0.138 e. The Hall–Kier alpha value is -0.373. The summed E-state index contributed by atoms with van der Waals surface area (Å²) in [5.41, 5.74) is 3.26. The summed E-state index contributed by atoms with van der Waals surface area (Å²) in [6, 6.07) is 2.39. The van der Waals surface area contributed by atoms with E-state index in [2.05, 4.69) is 15.5 Å². The zero-order valence-electron chi connectivity index (χ0n) is 16.8.